The van der Waals surface area contributed by atoms with Gasteiger partial charge >= 0.3 is 0 Å². The molecule has 2 fully saturated rings. The van der Waals surface area contributed by atoms with E-state index in [9.17, 15) is 18.4 Å². The van der Waals surface area contributed by atoms with Gasteiger partial charge in [-0.05, 0) is 138 Å². The summed E-state index contributed by atoms with van der Waals surface area (Å²) in [5.74, 6) is 1.43. The van der Waals surface area contributed by atoms with Gasteiger partial charge in [-0.15, -0.1) is 20.4 Å². The van der Waals surface area contributed by atoms with Crippen LogP contribution in [-0.4, -0.2) is 69.7 Å². The molecule has 0 aliphatic heterocycles. The van der Waals surface area contributed by atoms with Gasteiger partial charge < -0.3 is 29.3 Å². The Morgan fingerprint density at radius 3 is 1.64 bits per heavy atom. The number of amides is 1. The second-order valence-electron chi connectivity index (χ2n) is 17.1. The highest BCUT2D eigenvalue weighted by molar-refractivity contribution is 6.67. The van der Waals surface area contributed by atoms with E-state index in [0.717, 1.165) is 52.6 Å². The molecule has 0 atom stereocenters. The topological polar surface area (TPSA) is 195 Å². The molecule has 2 saturated carbocycles. The van der Waals surface area contributed by atoms with Gasteiger partial charge in [-0.25, -0.2) is 28.7 Å². The Morgan fingerprint density at radius 2 is 1.16 bits per heavy atom. The Hall–Kier alpha value is -7.47. The van der Waals surface area contributed by atoms with Crippen LogP contribution < -0.4 is 11.1 Å². The van der Waals surface area contributed by atoms with Gasteiger partial charge in [0.1, 0.15) is 47.3 Å². The van der Waals surface area contributed by atoms with Crippen LogP contribution in [0.5, 0.6) is 0 Å². The second kappa shape index (κ2) is 19.6. The Morgan fingerprint density at radius 1 is 0.687 bits per heavy atom. The van der Waals surface area contributed by atoms with Crippen LogP contribution in [0, 0.1) is 25.5 Å². The SMILES string of the molecule is CC(C)n1cnnc1-c1cccc(N)n1.Cc1cc(F)c(C(=O)Cl)cc1-n1cnc(C2CC2)c1.Cc1cc(F)c(C(=O)Nc2cccc(-c3nncn3C(C)C)n2)cc1-n1cnc(C2CC2)c1. The average molecular weight is 927 g/mol. The third-order valence-electron chi connectivity index (χ3n) is 11.3. The van der Waals surface area contributed by atoms with Crippen molar-refractivity contribution in [3.8, 4) is 34.4 Å². The molecular formula is C48H49ClF2N14O2. The van der Waals surface area contributed by atoms with Crippen molar-refractivity contribution in [2.75, 3.05) is 11.1 Å². The van der Waals surface area contributed by atoms with Gasteiger partial charge in [0, 0.05) is 36.3 Å². The lowest BCUT2D eigenvalue weighted by Crippen LogP contribution is -2.16. The maximum atomic E-state index is 14.8. The van der Waals surface area contributed by atoms with Gasteiger partial charge in [0.2, 0.25) is 0 Å². The Balaban J connectivity index is 0.000000151. The number of carbonyl (C=O) groups excluding carboxylic acids is 2. The molecule has 0 unspecified atom stereocenters. The van der Waals surface area contributed by atoms with Crippen LogP contribution >= 0.6 is 11.6 Å². The largest absolute Gasteiger partial charge is 0.384 e. The zero-order chi connectivity index (χ0) is 47.5. The van der Waals surface area contributed by atoms with Crippen molar-refractivity contribution in [3.05, 3.63) is 144 Å². The number of pyridine rings is 2. The fourth-order valence-corrected chi connectivity index (χ4v) is 7.46. The van der Waals surface area contributed by atoms with Gasteiger partial charge in [-0.2, -0.15) is 0 Å². The molecule has 19 heteroatoms. The molecule has 6 heterocycles. The summed E-state index contributed by atoms with van der Waals surface area (Å²) in [5, 5.41) is 17.9. The molecule has 10 rings (SSSR count). The number of aryl methyl sites for hydroxylation is 2. The van der Waals surface area contributed by atoms with Crippen LogP contribution in [0.2, 0.25) is 0 Å². The number of anilines is 2. The monoisotopic (exact) mass is 926 g/mol. The third-order valence-corrected chi connectivity index (χ3v) is 11.5. The molecule has 2 aromatic carbocycles. The molecule has 3 N–H and O–H groups in total. The van der Waals surface area contributed by atoms with E-state index in [2.05, 4.69) is 59.5 Å². The van der Waals surface area contributed by atoms with Crippen molar-refractivity contribution < 1.29 is 18.4 Å². The molecule has 2 aliphatic carbocycles. The predicted octanol–water partition coefficient (Wildman–Crippen LogP) is 9.76. The highest BCUT2D eigenvalue weighted by Gasteiger charge is 2.27. The molecule has 6 aromatic heterocycles. The maximum absolute atomic E-state index is 14.8. The summed E-state index contributed by atoms with van der Waals surface area (Å²) in [4.78, 5) is 41.7. The molecular weight excluding hydrogens is 878 g/mol. The Kier molecular flexibility index (Phi) is 13.4. The predicted molar refractivity (Wildman–Crippen MR) is 250 cm³/mol. The third kappa shape index (κ3) is 10.6. The van der Waals surface area contributed by atoms with E-state index in [1.807, 2.05) is 63.6 Å². The highest BCUT2D eigenvalue weighted by atomic mass is 35.5. The van der Waals surface area contributed by atoms with Crippen LogP contribution in [0.3, 0.4) is 0 Å². The summed E-state index contributed by atoms with van der Waals surface area (Å²) in [6.07, 6.45) is 15.3. The Labute approximate surface area is 390 Å². The number of nitrogen functional groups attached to an aromatic ring is 1. The summed E-state index contributed by atoms with van der Waals surface area (Å²) < 4.78 is 35.9. The van der Waals surface area contributed by atoms with E-state index in [1.54, 1.807) is 62.6 Å². The molecule has 0 bridgehead atoms. The number of hydrogen-bond acceptors (Lipinski definition) is 11. The van der Waals surface area contributed by atoms with E-state index in [-0.39, 0.29) is 17.2 Å². The number of nitrogens with zero attached hydrogens (tertiary/aromatic N) is 12. The maximum Gasteiger partial charge on any atom is 0.259 e. The highest BCUT2D eigenvalue weighted by Crippen LogP contribution is 2.40. The smallest absolute Gasteiger partial charge is 0.259 e. The standard InChI is InChI=1S/C24H24FN7O.C14H12ClFN2O.C10H13N5/c1-14(2)32-13-27-30-23(32)19-5-4-6-22(28-19)29-24(33)17-10-21(15(3)9-18(17)25)31-11-20(26-12-31)16-7-8-16;1-8-4-11(16)10(14(15)19)5-13(8)18-6-12(17-7-18)9-2-3-9;1-7(2)15-6-12-14-10(15)8-4-3-5-9(11)13-8/h4-6,9-14,16H,7-8H2,1-3H3,(H,28,29,33);4-7,9H,2-3H2,1H3;3-7H,1-2H3,(H2,11,13). The molecule has 1 amide bonds. The molecule has 2 aliphatic rings. The first-order valence-electron chi connectivity index (χ1n) is 21.8. The van der Waals surface area contributed by atoms with E-state index >= 15 is 0 Å². The minimum atomic E-state index is -0.790. The number of nitrogens with one attached hydrogen (secondary N) is 1. The number of halogens is 3. The first kappa shape index (κ1) is 46.1. The van der Waals surface area contributed by atoms with Crippen LogP contribution in [0.4, 0.5) is 20.4 Å². The quantitative estimate of drug-likeness (QED) is 0.117. The minimum absolute atomic E-state index is 0.0603. The molecule has 0 radical (unpaired) electrons. The minimum Gasteiger partial charge on any atom is -0.384 e. The summed E-state index contributed by atoms with van der Waals surface area (Å²) in [7, 11) is 0. The number of benzene rings is 2. The lowest BCUT2D eigenvalue weighted by Gasteiger charge is -2.12. The van der Waals surface area contributed by atoms with Crippen LogP contribution in [0.25, 0.3) is 34.4 Å². The van der Waals surface area contributed by atoms with Gasteiger partial charge in [-0.3, -0.25) is 9.59 Å². The normalized spacial score (nSPS) is 13.2. The summed E-state index contributed by atoms with van der Waals surface area (Å²) in [6.45, 7) is 11.8. The number of imidazole rings is 2. The van der Waals surface area contributed by atoms with Crippen LogP contribution in [-0.2, 0) is 0 Å². The summed E-state index contributed by atoms with van der Waals surface area (Å²) in [5.41, 5.74) is 11.7. The summed E-state index contributed by atoms with van der Waals surface area (Å²) in [6, 6.07) is 16.9. The van der Waals surface area contributed by atoms with Gasteiger partial charge in [0.05, 0.1) is 46.5 Å². The summed E-state index contributed by atoms with van der Waals surface area (Å²) >= 11 is 5.38. The fourth-order valence-electron chi connectivity index (χ4n) is 7.32. The second-order valence-corrected chi connectivity index (χ2v) is 17.4. The van der Waals surface area contributed by atoms with Crippen molar-refractivity contribution in [2.45, 2.75) is 91.1 Å². The van der Waals surface area contributed by atoms with E-state index in [4.69, 9.17) is 17.3 Å². The van der Waals surface area contributed by atoms with Crippen LogP contribution in [0.15, 0.2) is 98.4 Å². The molecule has 8 aromatic rings. The van der Waals surface area contributed by atoms with Crippen molar-refractivity contribution in [1.82, 2.24) is 58.6 Å². The number of rotatable bonds is 11. The van der Waals surface area contributed by atoms with Crippen molar-refractivity contribution in [1.29, 1.82) is 0 Å². The molecule has 0 spiro atoms. The van der Waals surface area contributed by atoms with Gasteiger partial charge in [0.15, 0.2) is 11.6 Å². The van der Waals surface area contributed by atoms with Crippen molar-refractivity contribution in [2.24, 2.45) is 0 Å². The van der Waals surface area contributed by atoms with Gasteiger partial charge in [0.25, 0.3) is 11.1 Å². The van der Waals surface area contributed by atoms with Crippen molar-refractivity contribution >= 4 is 34.4 Å². The number of aromatic nitrogens is 12. The molecule has 344 valence electrons. The zero-order valence-electron chi connectivity index (χ0n) is 37.8. The zero-order valence-corrected chi connectivity index (χ0v) is 38.5. The number of hydrogen-bond donors (Lipinski definition) is 2. The molecule has 0 saturated heterocycles. The fraction of sp³-hybridized carbons (Fsp3) is 0.292. The average Bonchev–Trinajstić information content (AvgIpc) is 4.02. The number of carbonyl (C=O) groups is 2. The number of nitrogens with two attached hydrogens (primary N) is 1. The van der Waals surface area contributed by atoms with Crippen LogP contribution in [0.1, 0.15) is 121 Å². The van der Waals surface area contributed by atoms with E-state index in [0.29, 0.717) is 46.7 Å². The lowest BCUT2D eigenvalue weighted by molar-refractivity contribution is 0.102. The van der Waals surface area contributed by atoms with Gasteiger partial charge in [-0.1, -0.05) is 12.1 Å². The van der Waals surface area contributed by atoms with E-state index in [1.165, 1.54) is 31.0 Å². The molecule has 16 nitrogen and oxygen atoms in total. The lowest BCUT2D eigenvalue weighted by atomic mass is 10.1. The van der Waals surface area contributed by atoms with Crippen molar-refractivity contribution in [3.63, 3.8) is 0 Å². The molecule has 67 heavy (non-hydrogen) atoms. The van der Waals surface area contributed by atoms with E-state index < -0.39 is 22.8 Å². The Bertz CT molecular complexity index is 3070. The first-order valence-corrected chi connectivity index (χ1v) is 22.2. The first-order chi connectivity index (χ1) is 32.1.